The summed E-state index contributed by atoms with van der Waals surface area (Å²) in [5.41, 5.74) is 2.66. The SMILES string of the molecule is Cc1cc(Cl)ncc1NC(C)c1ccc(F)cn1. The third-order valence-corrected chi connectivity index (χ3v) is 2.85. The van der Waals surface area contributed by atoms with Crippen LogP contribution in [0, 0.1) is 12.7 Å². The molecule has 2 aromatic rings. The maximum absolute atomic E-state index is 12.8. The van der Waals surface area contributed by atoms with E-state index in [4.69, 9.17) is 11.6 Å². The minimum atomic E-state index is -0.338. The Bertz CT molecular complexity index is 542. The number of anilines is 1. The molecule has 0 spiro atoms. The van der Waals surface area contributed by atoms with Crippen LogP contribution in [-0.2, 0) is 0 Å². The molecule has 2 heterocycles. The third kappa shape index (κ3) is 2.96. The molecule has 0 bridgehead atoms. The highest BCUT2D eigenvalue weighted by Gasteiger charge is 2.09. The van der Waals surface area contributed by atoms with Gasteiger partial charge in [-0.05, 0) is 37.6 Å². The van der Waals surface area contributed by atoms with Gasteiger partial charge in [0.2, 0.25) is 0 Å². The Morgan fingerprint density at radius 3 is 2.67 bits per heavy atom. The van der Waals surface area contributed by atoms with Crippen LogP contribution in [-0.4, -0.2) is 9.97 Å². The van der Waals surface area contributed by atoms with Crippen molar-refractivity contribution in [3.05, 3.63) is 52.8 Å². The molecule has 1 unspecified atom stereocenters. The van der Waals surface area contributed by atoms with E-state index in [-0.39, 0.29) is 11.9 Å². The number of nitrogens with zero attached hydrogens (tertiary/aromatic N) is 2. The summed E-state index contributed by atoms with van der Waals surface area (Å²) in [5.74, 6) is -0.338. The van der Waals surface area contributed by atoms with Gasteiger partial charge in [0.05, 0.1) is 29.8 Å². The summed E-state index contributed by atoms with van der Waals surface area (Å²) < 4.78 is 12.8. The molecule has 0 saturated carbocycles. The molecule has 2 rings (SSSR count). The highest BCUT2D eigenvalue weighted by atomic mass is 35.5. The van der Waals surface area contributed by atoms with Crippen molar-refractivity contribution in [3.8, 4) is 0 Å². The fraction of sp³-hybridized carbons (Fsp3) is 0.231. The topological polar surface area (TPSA) is 37.8 Å². The van der Waals surface area contributed by atoms with Gasteiger partial charge in [0.15, 0.2) is 0 Å². The standard InChI is InChI=1S/C13H13ClFN3/c1-8-5-13(14)17-7-12(8)18-9(2)11-4-3-10(15)6-16-11/h3-7,9,18H,1-2H3. The van der Waals surface area contributed by atoms with Crippen LogP contribution in [0.5, 0.6) is 0 Å². The first-order valence-electron chi connectivity index (χ1n) is 5.56. The van der Waals surface area contributed by atoms with Crippen LogP contribution < -0.4 is 5.32 Å². The van der Waals surface area contributed by atoms with Gasteiger partial charge < -0.3 is 5.32 Å². The number of hydrogen-bond donors (Lipinski definition) is 1. The number of hydrogen-bond acceptors (Lipinski definition) is 3. The molecule has 2 aromatic heterocycles. The molecule has 0 aliphatic heterocycles. The van der Waals surface area contributed by atoms with Crippen molar-refractivity contribution < 1.29 is 4.39 Å². The van der Waals surface area contributed by atoms with Gasteiger partial charge in [0.1, 0.15) is 11.0 Å². The Morgan fingerprint density at radius 1 is 1.28 bits per heavy atom. The lowest BCUT2D eigenvalue weighted by molar-refractivity contribution is 0.617. The second-order valence-electron chi connectivity index (χ2n) is 4.09. The summed E-state index contributed by atoms with van der Waals surface area (Å²) in [6, 6.07) is 4.81. The summed E-state index contributed by atoms with van der Waals surface area (Å²) in [7, 11) is 0. The predicted molar refractivity (Wildman–Crippen MR) is 70.2 cm³/mol. The summed E-state index contributed by atoms with van der Waals surface area (Å²) in [4.78, 5) is 8.06. The second kappa shape index (κ2) is 5.31. The minimum absolute atomic E-state index is 0.0349. The molecule has 5 heteroatoms. The lowest BCUT2D eigenvalue weighted by Gasteiger charge is -2.16. The molecule has 18 heavy (non-hydrogen) atoms. The zero-order chi connectivity index (χ0) is 13.1. The van der Waals surface area contributed by atoms with E-state index in [1.54, 1.807) is 18.3 Å². The van der Waals surface area contributed by atoms with Crippen molar-refractivity contribution in [3.63, 3.8) is 0 Å². The van der Waals surface area contributed by atoms with Crippen molar-refractivity contribution in [2.24, 2.45) is 0 Å². The van der Waals surface area contributed by atoms with Gasteiger partial charge in [0.25, 0.3) is 0 Å². The van der Waals surface area contributed by atoms with Crippen LogP contribution in [0.1, 0.15) is 24.2 Å². The van der Waals surface area contributed by atoms with E-state index in [2.05, 4.69) is 15.3 Å². The molecule has 3 nitrogen and oxygen atoms in total. The molecule has 94 valence electrons. The molecular weight excluding hydrogens is 253 g/mol. The first kappa shape index (κ1) is 12.8. The zero-order valence-electron chi connectivity index (χ0n) is 10.1. The molecule has 0 aliphatic rings. The van der Waals surface area contributed by atoms with Crippen LogP contribution in [0.15, 0.2) is 30.6 Å². The first-order valence-corrected chi connectivity index (χ1v) is 5.94. The number of rotatable bonds is 3. The maximum atomic E-state index is 12.8. The number of aryl methyl sites for hydroxylation is 1. The Hall–Kier alpha value is -1.68. The van der Waals surface area contributed by atoms with Gasteiger partial charge >= 0.3 is 0 Å². The highest BCUT2D eigenvalue weighted by molar-refractivity contribution is 6.29. The Labute approximate surface area is 110 Å². The summed E-state index contributed by atoms with van der Waals surface area (Å²) in [6.07, 6.45) is 2.89. The Kier molecular flexibility index (Phi) is 3.77. The van der Waals surface area contributed by atoms with E-state index >= 15 is 0 Å². The normalized spacial score (nSPS) is 12.2. The van der Waals surface area contributed by atoms with Crippen LogP contribution in [0.25, 0.3) is 0 Å². The summed E-state index contributed by atoms with van der Waals surface area (Å²) in [5, 5.41) is 3.73. The summed E-state index contributed by atoms with van der Waals surface area (Å²) in [6.45, 7) is 3.90. The Balaban J connectivity index is 2.15. The molecule has 1 atom stereocenters. The predicted octanol–water partition coefficient (Wildman–Crippen LogP) is 3.75. The molecule has 1 N–H and O–H groups in total. The molecule has 0 radical (unpaired) electrons. The van der Waals surface area contributed by atoms with Crippen molar-refractivity contribution in [1.29, 1.82) is 0 Å². The fourth-order valence-electron chi connectivity index (χ4n) is 1.62. The van der Waals surface area contributed by atoms with E-state index in [0.717, 1.165) is 16.9 Å². The maximum Gasteiger partial charge on any atom is 0.141 e. The number of halogens is 2. The van der Waals surface area contributed by atoms with E-state index in [9.17, 15) is 4.39 Å². The zero-order valence-corrected chi connectivity index (χ0v) is 10.9. The smallest absolute Gasteiger partial charge is 0.141 e. The molecule has 0 aromatic carbocycles. The van der Waals surface area contributed by atoms with Gasteiger partial charge in [-0.3, -0.25) is 4.98 Å². The molecular formula is C13H13ClFN3. The largest absolute Gasteiger partial charge is 0.375 e. The first-order chi connectivity index (χ1) is 8.56. The molecule has 0 amide bonds. The van der Waals surface area contributed by atoms with Gasteiger partial charge in [-0.1, -0.05) is 11.6 Å². The van der Waals surface area contributed by atoms with Crippen LogP contribution >= 0.6 is 11.6 Å². The van der Waals surface area contributed by atoms with E-state index in [1.165, 1.54) is 12.3 Å². The van der Waals surface area contributed by atoms with Gasteiger partial charge in [-0.15, -0.1) is 0 Å². The fourth-order valence-corrected chi connectivity index (χ4v) is 1.84. The van der Waals surface area contributed by atoms with E-state index in [1.807, 2.05) is 13.8 Å². The van der Waals surface area contributed by atoms with Crippen LogP contribution in [0.4, 0.5) is 10.1 Å². The number of pyridine rings is 2. The lowest BCUT2D eigenvalue weighted by Crippen LogP contribution is -2.09. The van der Waals surface area contributed by atoms with Crippen molar-refractivity contribution in [1.82, 2.24) is 9.97 Å². The second-order valence-corrected chi connectivity index (χ2v) is 4.48. The van der Waals surface area contributed by atoms with E-state index in [0.29, 0.717) is 5.15 Å². The highest BCUT2D eigenvalue weighted by Crippen LogP contribution is 2.22. The average Bonchev–Trinajstić information content (AvgIpc) is 2.33. The van der Waals surface area contributed by atoms with Gasteiger partial charge in [0, 0.05) is 0 Å². The number of nitrogens with one attached hydrogen (secondary N) is 1. The van der Waals surface area contributed by atoms with Gasteiger partial charge in [-0.25, -0.2) is 9.37 Å². The average molecular weight is 266 g/mol. The lowest BCUT2D eigenvalue weighted by atomic mass is 10.2. The van der Waals surface area contributed by atoms with Crippen molar-refractivity contribution in [2.75, 3.05) is 5.32 Å². The third-order valence-electron chi connectivity index (χ3n) is 2.64. The number of aromatic nitrogens is 2. The molecule has 0 saturated heterocycles. The van der Waals surface area contributed by atoms with Crippen LogP contribution in [0.2, 0.25) is 5.15 Å². The van der Waals surface area contributed by atoms with Gasteiger partial charge in [-0.2, -0.15) is 0 Å². The monoisotopic (exact) mass is 265 g/mol. The van der Waals surface area contributed by atoms with Crippen LogP contribution in [0.3, 0.4) is 0 Å². The van der Waals surface area contributed by atoms with Crippen molar-refractivity contribution in [2.45, 2.75) is 19.9 Å². The van der Waals surface area contributed by atoms with E-state index < -0.39 is 0 Å². The quantitative estimate of drug-likeness (QED) is 0.859. The summed E-state index contributed by atoms with van der Waals surface area (Å²) >= 11 is 5.80. The molecule has 0 fully saturated rings. The minimum Gasteiger partial charge on any atom is -0.375 e. The van der Waals surface area contributed by atoms with Crippen molar-refractivity contribution >= 4 is 17.3 Å². The Morgan fingerprint density at radius 2 is 2.06 bits per heavy atom. The molecule has 0 aliphatic carbocycles.